The number of rotatable bonds is 7. The summed E-state index contributed by atoms with van der Waals surface area (Å²) >= 11 is 0. The van der Waals surface area contributed by atoms with Crippen LogP contribution in [-0.4, -0.2) is 66.0 Å². The van der Waals surface area contributed by atoms with E-state index in [1.807, 2.05) is 25.9 Å². The van der Waals surface area contributed by atoms with Gasteiger partial charge in [-0.25, -0.2) is 0 Å². The zero-order chi connectivity index (χ0) is 22.7. The molecule has 1 amide bonds. The van der Waals surface area contributed by atoms with Gasteiger partial charge in [0.05, 0.1) is 18.7 Å². The zero-order valence-electron chi connectivity index (χ0n) is 18.3. The van der Waals surface area contributed by atoms with Crippen LogP contribution in [0, 0.1) is 6.92 Å². The van der Waals surface area contributed by atoms with Crippen LogP contribution < -0.4 is 4.74 Å². The maximum Gasteiger partial charge on any atom is 0.295 e. The molecule has 2 aromatic carbocycles. The Morgan fingerprint density at radius 2 is 1.81 bits per heavy atom. The highest BCUT2D eigenvalue weighted by molar-refractivity contribution is 6.46. The lowest BCUT2D eigenvalue weighted by atomic mass is 9.94. The Labute approximate surface area is 182 Å². The number of aryl methyl sites for hydroxylation is 1. The van der Waals surface area contributed by atoms with E-state index in [-0.39, 0.29) is 17.1 Å². The van der Waals surface area contributed by atoms with Crippen molar-refractivity contribution >= 4 is 17.4 Å². The van der Waals surface area contributed by atoms with Crippen LogP contribution in [0.5, 0.6) is 11.5 Å². The monoisotopic (exact) mass is 424 g/mol. The van der Waals surface area contributed by atoms with Crippen molar-refractivity contribution in [3.63, 3.8) is 0 Å². The van der Waals surface area contributed by atoms with Crippen molar-refractivity contribution < 1.29 is 24.5 Å². The molecule has 0 spiro atoms. The fourth-order valence-corrected chi connectivity index (χ4v) is 3.85. The number of ether oxygens (including phenoxy) is 1. The van der Waals surface area contributed by atoms with Gasteiger partial charge in [-0.15, -0.1) is 0 Å². The Hall–Kier alpha value is -3.32. The molecule has 0 bridgehead atoms. The number of aliphatic hydroxyl groups excluding tert-OH is 1. The number of carbonyl (C=O) groups excluding carboxylic acids is 2. The Morgan fingerprint density at radius 3 is 2.39 bits per heavy atom. The van der Waals surface area contributed by atoms with Gasteiger partial charge in [-0.3, -0.25) is 9.59 Å². The second kappa shape index (κ2) is 9.22. The van der Waals surface area contributed by atoms with Crippen LogP contribution >= 0.6 is 0 Å². The van der Waals surface area contributed by atoms with Crippen LogP contribution in [0.25, 0.3) is 5.76 Å². The molecule has 7 heteroatoms. The van der Waals surface area contributed by atoms with Crippen molar-refractivity contribution in [2.75, 3.05) is 34.3 Å². The highest BCUT2D eigenvalue weighted by atomic mass is 16.5. The van der Waals surface area contributed by atoms with E-state index >= 15 is 0 Å². The summed E-state index contributed by atoms with van der Waals surface area (Å²) in [6.45, 7) is 2.96. The summed E-state index contributed by atoms with van der Waals surface area (Å²) in [7, 11) is 5.45. The Kier molecular flexibility index (Phi) is 6.65. The van der Waals surface area contributed by atoms with Gasteiger partial charge in [0.25, 0.3) is 11.7 Å². The molecular weight excluding hydrogens is 396 g/mol. The highest BCUT2D eigenvalue weighted by Crippen LogP contribution is 2.40. The first-order valence-electron chi connectivity index (χ1n) is 10.1. The SMILES string of the molecule is COc1ccc(/C(O)=C2\C(=O)C(=O)N(CCCN(C)C)[C@@H]2c2ccc(O)cc2)cc1C. The largest absolute Gasteiger partial charge is 0.508 e. The van der Waals surface area contributed by atoms with E-state index in [0.29, 0.717) is 29.8 Å². The van der Waals surface area contributed by atoms with Crippen molar-refractivity contribution in [1.82, 2.24) is 9.80 Å². The molecule has 0 unspecified atom stereocenters. The summed E-state index contributed by atoms with van der Waals surface area (Å²) in [6.07, 6.45) is 0.677. The molecule has 1 heterocycles. The average Bonchev–Trinajstić information content (AvgIpc) is 2.98. The minimum atomic E-state index is -0.731. The third-order valence-electron chi connectivity index (χ3n) is 5.42. The topological polar surface area (TPSA) is 90.3 Å². The predicted molar refractivity (Wildman–Crippen MR) is 118 cm³/mol. The quantitative estimate of drug-likeness (QED) is 0.403. The molecule has 31 heavy (non-hydrogen) atoms. The number of phenols is 1. The smallest absolute Gasteiger partial charge is 0.295 e. The van der Waals surface area contributed by atoms with Crippen molar-refractivity contribution in [2.24, 2.45) is 0 Å². The van der Waals surface area contributed by atoms with Crippen LogP contribution in [0.2, 0.25) is 0 Å². The third kappa shape index (κ3) is 4.56. The lowest BCUT2D eigenvalue weighted by Crippen LogP contribution is -2.32. The Bertz CT molecular complexity index is 1010. The van der Waals surface area contributed by atoms with Gasteiger partial charge in [0.2, 0.25) is 0 Å². The summed E-state index contributed by atoms with van der Waals surface area (Å²) in [5.41, 5.74) is 1.93. The number of hydrogen-bond acceptors (Lipinski definition) is 6. The van der Waals surface area contributed by atoms with Gasteiger partial charge in [-0.05, 0) is 75.4 Å². The number of benzene rings is 2. The standard InChI is InChI=1S/C24H28N2O5/c1-15-14-17(8-11-19(15)31-4)22(28)20-21(16-6-9-18(27)10-7-16)26(24(30)23(20)29)13-5-12-25(2)3/h6-11,14,21,27-28H,5,12-13H2,1-4H3/b22-20+/t21-/m1/s1. The maximum absolute atomic E-state index is 13.0. The van der Waals surface area contributed by atoms with Gasteiger partial charge >= 0.3 is 0 Å². The molecule has 1 atom stereocenters. The number of phenolic OH excluding ortho intramolecular Hbond substituents is 1. The minimum absolute atomic E-state index is 0.0464. The number of nitrogens with zero attached hydrogens (tertiary/aromatic N) is 2. The van der Waals surface area contributed by atoms with Gasteiger partial charge < -0.3 is 24.7 Å². The molecule has 2 aromatic rings. The van der Waals surface area contributed by atoms with E-state index in [9.17, 15) is 19.8 Å². The highest BCUT2D eigenvalue weighted by Gasteiger charge is 2.45. The van der Waals surface area contributed by atoms with Gasteiger partial charge in [0.15, 0.2) is 0 Å². The van der Waals surface area contributed by atoms with Crippen LogP contribution in [0.3, 0.4) is 0 Å². The molecule has 0 radical (unpaired) electrons. The fraction of sp³-hybridized carbons (Fsp3) is 0.333. The molecule has 1 aliphatic rings. The Morgan fingerprint density at radius 1 is 1.13 bits per heavy atom. The number of amides is 1. The van der Waals surface area contributed by atoms with Gasteiger partial charge in [0.1, 0.15) is 17.3 Å². The lowest BCUT2D eigenvalue weighted by Gasteiger charge is -2.26. The number of Topliss-reactive ketones (excluding diaryl/α,β-unsaturated/α-hetero) is 1. The first-order chi connectivity index (χ1) is 14.7. The molecule has 0 saturated carbocycles. The second-order valence-corrected chi connectivity index (χ2v) is 7.93. The van der Waals surface area contributed by atoms with Crippen LogP contribution in [0.4, 0.5) is 0 Å². The number of ketones is 1. The van der Waals surface area contributed by atoms with E-state index in [1.165, 1.54) is 17.0 Å². The summed E-state index contributed by atoms with van der Waals surface area (Å²) in [5, 5.41) is 20.8. The second-order valence-electron chi connectivity index (χ2n) is 7.93. The first kappa shape index (κ1) is 22.4. The van der Waals surface area contributed by atoms with E-state index in [0.717, 1.165) is 12.1 Å². The van der Waals surface area contributed by atoms with Crippen molar-refractivity contribution in [2.45, 2.75) is 19.4 Å². The molecule has 0 aromatic heterocycles. The first-order valence-corrected chi connectivity index (χ1v) is 10.1. The molecule has 1 aliphatic heterocycles. The van der Waals surface area contributed by atoms with E-state index in [2.05, 4.69) is 0 Å². The molecular formula is C24H28N2O5. The number of likely N-dealkylation sites (tertiary alicyclic amines) is 1. The Balaban J connectivity index is 2.10. The number of aliphatic hydroxyl groups is 1. The van der Waals surface area contributed by atoms with Crippen molar-refractivity contribution in [3.05, 3.63) is 64.7 Å². The lowest BCUT2D eigenvalue weighted by molar-refractivity contribution is -0.139. The van der Waals surface area contributed by atoms with Gasteiger partial charge in [0, 0.05) is 12.1 Å². The maximum atomic E-state index is 13.0. The van der Waals surface area contributed by atoms with Crippen LogP contribution in [-0.2, 0) is 9.59 Å². The summed E-state index contributed by atoms with van der Waals surface area (Å²) in [6, 6.07) is 10.7. The molecule has 1 fully saturated rings. The minimum Gasteiger partial charge on any atom is -0.508 e. The predicted octanol–water partition coefficient (Wildman–Crippen LogP) is 3.08. The zero-order valence-corrected chi connectivity index (χ0v) is 18.3. The van der Waals surface area contributed by atoms with E-state index in [1.54, 1.807) is 37.4 Å². The van der Waals surface area contributed by atoms with E-state index < -0.39 is 17.7 Å². The fourth-order valence-electron chi connectivity index (χ4n) is 3.85. The van der Waals surface area contributed by atoms with Crippen molar-refractivity contribution in [1.29, 1.82) is 0 Å². The third-order valence-corrected chi connectivity index (χ3v) is 5.42. The number of hydrogen-bond donors (Lipinski definition) is 2. The average molecular weight is 424 g/mol. The van der Waals surface area contributed by atoms with Crippen LogP contribution in [0.1, 0.15) is 29.2 Å². The summed E-state index contributed by atoms with van der Waals surface area (Å²) in [5.74, 6) is -0.829. The number of carbonyl (C=O) groups is 2. The normalized spacial score (nSPS) is 18.1. The summed E-state index contributed by atoms with van der Waals surface area (Å²) in [4.78, 5) is 29.4. The molecule has 1 saturated heterocycles. The molecule has 2 N–H and O–H groups in total. The molecule has 0 aliphatic carbocycles. The summed E-state index contributed by atoms with van der Waals surface area (Å²) < 4.78 is 5.27. The van der Waals surface area contributed by atoms with Crippen LogP contribution in [0.15, 0.2) is 48.0 Å². The number of methoxy groups -OCH3 is 1. The van der Waals surface area contributed by atoms with Crippen molar-refractivity contribution in [3.8, 4) is 11.5 Å². The van der Waals surface area contributed by atoms with Gasteiger partial charge in [-0.2, -0.15) is 0 Å². The molecule has 164 valence electrons. The number of aromatic hydroxyl groups is 1. The van der Waals surface area contributed by atoms with E-state index in [4.69, 9.17) is 4.74 Å². The molecule has 7 nitrogen and oxygen atoms in total. The molecule has 3 rings (SSSR count). The van der Waals surface area contributed by atoms with Gasteiger partial charge in [-0.1, -0.05) is 12.1 Å².